The summed E-state index contributed by atoms with van der Waals surface area (Å²) in [5.41, 5.74) is 0. The van der Waals surface area contributed by atoms with Gasteiger partial charge in [0.15, 0.2) is 0 Å². The lowest BCUT2D eigenvalue weighted by Crippen LogP contribution is -2.00. The Balaban J connectivity index is 0. The monoisotopic (exact) mass is 273 g/mol. The van der Waals surface area contributed by atoms with Gasteiger partial charge in [-0.2, -0.15) is 4.89 Å². The first kappa shape index (κ1) is 18.7. The van der Waals surface area contributed by atoms with Gasteiger partial charge in [-0.1, -0.05) is 0 Å². The van der Waals surface area contributed by atoms with Crippen molar-refractivity contribution in [3.63, 3.8) is 0 Å². The molecule has 0 spiro atoms. The van der Waals surface area contributed by atoms with Gasteiger partial charge in [0.25, 0.3) is 0 Å². The van der Waals surface area contributed by atoms with E-state index in [1.54, 1.807) is 0 Å². The van der Waals surface area contributed by atoms with Gasteiger partial charge in [-0.05, 0) is 42.3 Å². The first-order valence-electron chi connectivity index (χ1n) is 5.33. The number of hydrogen-bond donors (Lipinski definition) is 4. The summed E-state index contributed by atoms with van der Waals surface area (Å²) in [5, 5.41) is 26.0. The van der Waals surface area contributed by atoms with Crippen molar-refractivity contribution >= 4 is 16.6 Å². The average Bonchev–Trinajstić information content (AvgIpc) is 2.29. The van der Waals surface area contributed by atoms with E-state index in [9.17, 15) is 0 Å². The molecule has 7 heteroatoms. The maximum absolute atomic E-state index is 8.68. The zero-order chi connectivity index (χ0) is 12.6. The topological polar surface area (TPSA) is 98.0 Å². The summed E-state index contributed by atoms with van der Waals surface area (Å²) in [6.07, 6.45) is 5.82. The zero-order valence-electron chi connectivity index (χ0n) is 9.51. The fraction of sp³-hybridized carbons (Fsp3) is 1.00. The van der Waals surface area contributed by atoms with Crippen molar-refractivity contribution < 1.29 is 24.8 Å². The molecular formula is C9H23O5P2+. The summed E-state index contributed by atoms with van der Waals surface area (Å²) in [4.78, 5) is 7.04. The Morgan fingerprint density at radius 2 is 1.06 bits per heavy atom. The minimum Gasteiger partial charge on any atom is -0.396 e. The minimum atomic E-state index is -1.17. The highest BCUT2D eigenvalue weighted by atomic mass is 31.1. The van der Waals surface area contributed by atoms with Crippen LogP contribution in [0.2, 0.25) is 0 Å². The van der Waals surface area contributed by atoms with E-state index in [-0.39, 0.29) is 27.7 Å². The second-order valence-electron chi connectivity index (χ2n) is 3.16. The van der Waals surface area contributed by atoms with Crippen molar-refractivity contribution in [3.8, 4) is 0 Å². The van der Waals surface area contributed by atoms with Crippen LogP contribution >= 0.6 is 16.6 Å². The van der Waals surface area contributed by atoms with Gasteiger partial charge in [0.2, 0.25) is 0 Å². The third-order valence-electron chi connectivity index (χ3n) is 1.90. The summed E-state index contributed by atoms with van der Waals surface area (Å²) >= 11 is 0. The average molecular weight is 273 g/mol. The number of rotatable bonds is 9. The van der Waals surface area contributed by atoms with Crippen molar-refractivity contribution in [2.24, 2.45) is 0 Å². The highest BCUT2D eigenvalue weighted by Crippen LogP contribution is 2.37. The first-order chi connectivity index (χ1) is 7.76. The van der Waals surface area contributed by atoms with Crippen LogP contribution in [-0.4, -0.2) is 58.5 Å². The van der Waals surface area contributed by atoms with Crippen LogP contribution in [0.4, 0.5) is 0 Å². The van der Waals surface area contributed by atoms with Crippen LogP contribution in [0.15, 0.2) is 0 Å². The molecule has 0 amide bonds. The lowest BCUT2D eigenvalue weighted by molar-refractivity contribution is 0.292. The molecule has 5 nitrogen and oxygen atoms in total. The Morgan fingerprint density at radius 3 is 1.25 bits per heavy atom. The second kappa shape index (κ2) is 17.8. The Hall–Kier alpha value is 0.370. The molecule has 0 aromatic rings. The van der Waals surface area contributed by atoms with Crippen molar-refractivity contribution in [1.29, 1.82) is 0 Å². The number of aliphatic hydroxyl groups excluding tert-OH is 3. The third-order valence-corrected chi connectivity index (χ3v) is 4.74. The van der Waals surface area contributed by atoms with E-state index < -0.39 is 8.69 Å². The lowest BCUT2D eigenvalue weighted by atomic mass is 10.5. The molecule has 1 unspecified atom stereocenters. The molecule has 0 aliphatic heterocycles. The number of aliphatic hydroxyl groups is 3. The van der Waals surface area contributed by atoms with Crippen molar-refractivity contribution in [3.05, 3.63) is 0 Å². The highest BCUT2D eigenvalue weighted by molar-refractivity contribution is 7.57. The Morgan fingerprint density at radius 1 is 0.812 bits per heavy atom. The SMILES string of the molecule is O=[PH+]O.OCCCP(CCCO)CCCO. The van der Waals surface area contributed by atoms with Gasteiger partial charge in [0.1, 0.15) is 0 Å². The summed E-state index contributed by atoms with van der Waals surface area (Å²) in [6, 6.07) is 0. The fourth-order valence-electron chi connectivity index (χ4n) is 1.22. The van der Waals surface area contributed by atoms with Gasteiger partial charge in [-0.3, -0.25) is 0 Å². The molecule has 0 aliphatic rings. The van der Waals surface area contributed by atoms with Crippen LogP contribution in [0.1, 0.15) is 19.3 Å². The lowest BCUT2D eigenvalue weighted by Gasteiger charge is -2.15. The summed E-state index contributed by atoms with van der Waals surface area (Å²) in [7, 11) is -1.22. The van der Waals surface area contributed by atoms with Gasteiger partial charge in [-0.15, -0.1) is 7.92 Å². The molecule has 0 fully saturated rings. The molecule has 0 aromatic heterocycles. The summed E-state index contributed by atoms with van der Waals surface area (Å²) in [6.45, 7) is 0.783. The molecule has 0 saturated heterocycles. The second-order valence-corrected chi connectivity index (χ2v) is 6.03. The molecule has 0 heterocycles. The van der Waals surface area contributed by atoms with E-state index in [2.05, 4.69) is 0 Å². The van der Waals surface area contributed by atoms with Crippen LogP contribution < -0.4 is 0 Å². The van der Waals surface area contributed by atoms with Crippen LogP contribution in [0.5, 0.6) is 0 Å². The first-order valence-corrected chi connectivity index (χ1v) is 8.08. The van der Waals surface area contributed by atoms with E-state index in [0.29, 0.717) is 0 Å². The minimum absolute atomic E-state index is 0.0583. The number of hydrogen-bond acceptors (Lipinski definition) is 4. The zero-order valence-corrected chi connectivity index (χ0v) is 11.4. The molecule has 0 radical (unpaired) electrons. The van der Waals surface area contributed by atoms with E-state index >= 15 is 0 Å². The molecule has 0 aliphatic carbocycles. The molecule has 0 saturated carbocycles. The van der Waals surface area contributed by atoms with Crippen LogP contribution in [0.25, 0.3) is 0 Å². The highest BCUT2D eigenvalue weighted by Gasteiger charge is 2.06. The van der Waals surface area contributed by atoms with Crippen LogP contribution in [0.3, 0.4) is 0 Å². The molecule has 0 aromatic carbocycles. The standard InChI is InChI=1S/C9H21O3P.HO2P/c10-4-1-7-13(8-2-5-11)9-3-6-12;1-3-2/h10-12H,1-9H2;3H/p+1. The van der Waals surface area contributed by atoms with Gasteiger partial charge >= 0.3 is 8.69 Å². The van der Waals surface area contributed by atoms with Crippen LogP contribution in [-0.2, 0) is 4.57 Å². The summed E-state index contributed by atoms with van der Waals surface area (Å²) in [5.74, 6) is 0. The molecule has 1 atom stereocenters. The maximum atomic E-state index is 8.68. The Kier molecular flexibility index (Phi) is 20.8. The largest absolute Gasteiger partial charge is 0.491 e. The molecule has 98 valence electrons. The van der Waals surface area contributed by atoms with E-state index in [1.165, 1.54) is 0 Å². The van der Waals surface area contributed by atoms with Crippen molar-refractivity contribution in [2.75, 3.05) is 38.3 Å². The predicted octanol–water partition coefficient (Wildman–Crippen LogP) is 0.533. The quantitative estimate of drug-likeness (QED) is 0.459. The normalized spacial score (nSPS) is 10.3. The molecule has 4 N–H and O–H groups in total. The van der Waals surface area contributed by atoms with Crippen LogP contribution in [0, 0.1) is 0 Å². The molecule has 0 bridgehead atoms. The Bertz CT molecular complexity index is 118. The molecule has 16 heavy (non-hydrogen) atoms. The Labute approximate surface area is 99.5 Å². The third kappa shape index (κ3) is 16.8. The van der Waals surface area contributed by atoms with Gasteiger partial charge in [0.05, 0.1) is 0 Å². The van der Waals surface area contributed by atoms with E-state index in [0.717, 1.165) is 37.7 Å². The van der Waals surface area contributed by atoms with E-state index in [4.69, 9.17) is 24.8 Å². The predicted molar refractivity (Wildman–Crippen MR) is 67.8 cm³/mol. The van der Waals surface area contributed by atoms with E-state index in [1.807, 2.05) is 0 Å². The summed E-state index contributed by atoms with van der Waals surface area (Å²) < 4.78 is 8.51. The fourth-order valence-corrected chi connectivity index (χ4v) is 3.66. The van der Waals surface area contributed by atoms with Gasteiger partial charge < -0.3 is 15.3 Å². The van der Waals surface area contributed by atoms with Crippen molar-refractivity contribution in [2.45, 2.75) is 19.3 Å². The molecule has 0 rings (SSSR count). The van der Waals surface area contributed by atoms with Gasteiger partial charge in [0, 0.05) is 19.8 Å². The maximum Gasteiger partial charge on any atom is 0.491 e. The van der Waals surface area contributed by atoms with Crippen molar-refractivity contribution in [1.82, 2.24) is 0 Å². The smallest absolute Gasteiger partial charge is 0.396 e. The molecular weight excluding hydrogens is 250 g/mol. The van der Waals surface area contributed by atoms with Gasteiger partial charge in [-0.25, -0.2) is 0 Å².